The molecule has 12 aromatic rings. The summed E-state index contributed by atoms with van der Waals surface area (Å²) in [6.07, 6.45) is 0. The van der Waals surface area contributed by atoms with Gasteiger partial charge in [-0.15, -0.1) is 11.3 Å². The molecule has 0 unspecified atom stereocenters. The van der Waals surface area contributed by atoms with Crippen LogP contribution in [0.1, 0.15) is 0 Å². The van der Waals surface area contributed by atoms with Gasteiger partial charge in [-0.1, -0.05) is 152 Å². The second-order valence-corrected chi connectivity index (χ2v) is 16.4. The van der Waals surface area contributed by atoms with Crippen LogP contribution in [0.2, 0.25) is 0 Å². The summed E-state index contributed by atoms with van der Waals surface area (Å²) >= 11 is 1.88. The van der Waals surface area contributed by atoms with E-state index in [0.29, 0.717) is 0 Å². The number of aromatic nitrogens is 1. The van der Waals surface area contributed by atoms with Crippen LogP contribution in [-0.4, -0.2) is 4.57 Å². The smallest absolute Gasteiger partial charge is 0.0541 e. The Morgan fingerprint density at radius 3 is 1.76 bits per heavy atom. The molecular formula is C56H36N2S. The highest BCUT2D eigenvalue weighted by atomic mass is 32.1. The summed E-state index contributed by atoms with van der Waals surface area (Å²) in [5.41, 5.74) is 11.8. The highest BCUT2D eigenvalue weighted by Crippen LogP contribution is 2.43. The second kappa shape index (κ2) is 13.6. The average Bonchev–Trinajstić information content (AvgIpc) is 3.85. The van der Waals surface area contributed by atoms with Crippen LogP contribution in [-0.2, 0) is 0 Å². The second-order valence-electron chi connectivity index (χ2n) is 15.3. The van der Waals surface area contributed by atoms with E-state index in [0.717, 1.165) is 17.1 Å². The van der Waals surface area contributed by atoms with Gasteiger partial charge in [0.25, 0.3) is 0 Å². The number of nitrogens with zero attached hydrogens (tertiary/aromatic N) is 2. The predicted octanol–water partition coefficient (Wildman–Crippen LogP) is 16.3. The first-order chi connectivity index (χ1) is 29.2. The fourth-order valence-electron chi connectivity index (χ4n) is 9.15. The van der Waals surface area contributed by atoms with E-state index in [2.05, 4.69) is 228 Å². The Hall–Kier alpha value is -7.46. The van der Waals surface area contributed by atoms with Crippen molar-refractivity contribution in [2.24, 2.45) is 0 Å². The minimum atomic E-state index is 1.11. The van der Waals surface area contributed by atoms with Crippen LogP contribution < -0.4 is 4.90 Å². The molecule has 0 aliphatic rings. The lowest BCUT2D eigenvalue weighted by molar-refractivity contribution is 1.20. The summed E-state index contributed by atoms with van der Waals surface area (Å²) < 4.78 is 5.08. The molecule has 3 heteroatoms. The zero-order valence-electron chi connectivity index (χ0n) is 32.1. The van der Waals surface area contributed by atoms with Crippen LogP contribution in [0.25, 0.3) is 91.5 Å². The van der Waals surface area contributed by atoms with E-state index < -0.39 is 0 Å². The largest absolute Gasteiger partial charge is 0.310 e. The number of hydrogen-bond acceptors (Lipinski definition) is 2. The third-order valence-corrected chi connectivity index (χ3v) is 13.2. The summed E-state index contributed by atoms with van der Waals surface area (Å²) in [4.78, 5) is 2.38. The van der Waals surface area contributed by atoms with Crippen molar-refractivity contribution in [1.82, 2.24) is 4.57 Å². The normalized spacial score (nSPS) is 11.7. The van der Waals surface area contributed by atoms with Crippen LogP contribution in [0.3, 0.4) is 0 Å². The fourth-order valence-corrected chi connectivity index (χ4v) is 10.4. The maximum absolute atomic E-state index is 2.43. The zero-order valence-corrected chi connectivity index (χ0v) is 32.9. The minimum Gasteiger partial charge on any atom is -0.310 e. The van der Waals surface area contributed by atoms with Crippen LogP contribution >= 0.6 is 11.3 Å². The molecule has 0 atom stereocenters. The Bertz CT molecular complexity index is 3550. The molecule has 0 amide bonds. The van der Waals surface area contributed by atoms with E-state index >= 15 is 0 Å². The SMILES string of the molecule is c1ccc2cc(N(c3ccc(-c4ccc5c(c4)c4ccccc4n5-c4cccc5ccccc45)cc3)c3ccc(-c4cccc5c4sc4ccccc45)cc3)ccc2c1. The lowest BCUT2D eigenvalue weighted by Gasteiger charge is -2.26. The maximum atomic E-state index is 2.43. The van der Waals surface area contributed by atoms with Gasteiger partial charge in [-0.2, -0.15) is 0 Å². The van der Waals surface area contributed by atoms with Crippen molar-refractivity contribution in [1.29, 1.82) is 0 Å². The molecule has 276 valence electrons. The molecule has 0 fully saturated rings. The van der Waals surface area contributed by atoms with Gasteiger partial charge in [0, 0.05) is 53.4 Å². The summed E-state index contributed by atoms with van der Waals surface area (Å²) in [5.74, 6) is 0. The minimum absolute atomic E-state index is 1.11. The number of benzene rings is 10. The standard InChI is InChI=1S/C56H36N2S/c1-2-13-41-35-45(33-25-37(41)11-1)57(44-31-26-40(27-32-44)47-18-10-19-50-49-17-6-8-22-55(49)59-56(47)50)43-29-23-38(24-30-43)42-28-34-54-51(36-42)48-16-5-7-20-53(48)58(54)52-21-9-14-39-12-3-4-15-46(39)52/h1-36H. The lowest BCUT2D eigenvalue weighted by Crippen LogP contribution is -2.09. The summed E-state index contributed by atoms with van der Waals surface area (Å²) in [6.45, 7) is 0. The highest BCUT2D eigenvalue weighted by Gasteiger charge is 2.18. The first-order valence-electron chi connectivity index (χ1n) is 20.2. The molecule has 2 aromatic heterocycles. The van der Waals surface area contributed by atoms with Crippen molar-refractivity contribution in [2.45, 2.75) is 0 Å². The molecule has 0 aliphatic heterocycles. The zero-order chi connectivity index (χ0) is 38.9. The van der Waals surface area contributed by atoms with E-state index in [1.54, 1.807) is 0 Å². The Kier molecular flexibility index (Phi) is 7.75. The number of hydrogen-bond donors (Lipinski definition) is 0. The van der Waals surface area contributed by atoms with Crippen molar-refractivity contribution < 1.29 is 0 Å². The molecule has 2 heterocycles. The number of anilines is 3. The quantitative estimate of drug-likeness (QED) is 0.164. The van der Waals surface area contributed by atoms with Crippen LogP contribution in [0.4, 0.5) is 17.1 Å². The van der Waals surface area contributed by atoms with Crippen molar-refractivity contribution in [2.75, 3.05) is 4.90 Å². The molecule has 0 saturated carbocycles. The van der Waals surface area contributed by atoms with E-state index in [9.17, 15) is 0 Å². The third kappa shape index (κ3) is 5.55. The van der Waals surface area contributed by atoms with Gasteiger partial charge in [0.05, 0.1) is 16.7 Å². The van der Waals surface area contributed by atoms with Gasteiger partial charge in [0.2, 0.25) is 0 Å². The van der Waals surface area contributed by atoms with Crippen molar-refractivity contribution in [3.05, 3.63) is 218 Å². The number of rotatable bonds is 6. The van der Waals surface area contributed by atoms with Gasteiger partial charge < -0.3 is 9.47 Å². The van der Waals surface area contributed by atoms with Gasteiger partial charge >= 0.3 is 0 Å². The van der Waals surface area contributed by atoms with Crippen LogP contribution in [0.5, 0.6) is 0 Å². The monoisotopic (exact) mass is 768 g/mol. The predicted molar refractivity (Wildman–Crippen MR) is 254 cm³/mol. The summed E-state index contributed by atoms with van der Waals surface area (Å²) in [6, 6.07) is 79.9. The highest BCUT2D eigenvalue weighted by molar-refractivity contribution is 7.26. The van der Waals surface area contributed by atoms with Gasteiger partial charge in [-0.25, -0.2) is 0 Å². The molecule has 0 N–H and O–H groups in total. The summed E-state index contributed by atoms with van der Waals surface area (Å²) in [5, 5.41) is 10.1. The topological polar surface area (TPSA) is 8.17 Å². The molecular weight excluding hydrogens is 733 g/mol. The molecule has 0 radical (unpaired) electrons. The Morgan fingerprint density at radius 2 is 0.932 bits per heavy atom. The van der Waals surface area contributed by atoms with Gasteiger partial charge in [0.15, 0.2) is 0 Å². The molecule has 0 saturated heterocycles. The summed E-state index contributed by atoms with van der Waals surface area (Å²) in [7, 11) is 0. The fraction of sp³-hybridized carbons (Fsp3) is 0. The first kappa shape index (κ1) is 33.7. The van der Waals surface area contributed by atoms with Gasteiger partial charge in [-0.05, 0) is 105 Å². The van der Waals surface area contributed by atoms with Crippen molar-refractivity contribution in [3.8, 4) is 27.9 Å². The Balaban J connectivity index is 0.947. The number of thiophene rings is 1. The van der Waals surface area contributed by atoms with E-state index in [1.807, 2.05) is 11.3 Å². The average molecular weight is 769 g/mol. The molecule has 10 aromatic carbocycles. The maximum Gasteiger partial charge on any atom is 0.0541 e. The lowest BCUT2D eigenvalue weighted by atomic mass is 10.0. The molecule has 59 heavy (non-hydrogen) atoms. The Morgan fingerprint density at radius 1 is 0.339 bits per heavy atom. The Labute approximate surface area is 346 Å². The third-order valence-electron chi connectivity index (χ3n) is 12.0. The molecule has 12 rings (SSSR count). The van der Waals surface area contributed by atoms with Gasteiger partial charge in [0.1, 0.15) is 0 Å². The van der Waals surface area contributed by atoms with E-state index in [1.165, 1.54) is 91.5 Å². The van der Waals surface area contributed by atoms with E-state index in [-0.39, 0.29) is 0 Å². The molecule has 0 spiro atoms. The van der Waals surface area contributed by atoms with Gasteiger partial charge in [-0.3, -0.25) is 0 Å². The number of para-hydroxylation sites is 1. The van der Waals surface area contributed by atoms with E-state index in [4.69, 9.17) is 0 Å². The molecule has 2 nitrogen and oxygen atoms in total. The van der Waals surface area contributed by atoms with Crippen molar-refractivity contribution >= 4 is 91.9 Å². The van der Waals surface area contributed by atoms with Crippen molar-refractivity contribution in [3.63, 3.8) is 0 Å². The van der Waals surface area contributed by atoms with Crippen LogP contribution in [0, 0.1) is 0 Å². The van der Waals surface area contributed by atoms with Crippen LogP contribution in [0.15, 0.2) is 218 Å². The first-order valence-corrected chi connectivity index (χ1v) is 21.0. The number of fused-ring (bicyclic) bond motifs is 8. The molecule has 0 bridgehead atoms. The molecule has 0 aliphatic carbocycles.